The number of amidine groups is 1. The number of benzene rings is 3. The molecule has 3 aromatic carbocycles. The molecule has 3 N–H and O–H groups in total. The molecule has 3 rings (SSSR count). The Hall–Kier alpha value is -3.41. The first kappa shape index (κ1) is 32.6. The first-order valence-corrected chi connectivity index (χ1v) is 14.5. The molecule has 0 unspecified atom stereocenters. The number of hydrogen-bond acceptors (Lipinski definition) is 2. The predicted molar refractivity (Wildman–Crippen MR) is 174 cm³/mol. The van der Waals surface area contributed by atoms with E-state index in [1.54, 1.807) is 13.8 Å². The van der Waals surface area contributed by atoms with E-state index in [2.05, 4.69) is 54.8 Å². The van der Waals surface area contributed by atoms with Crippen LogP contribution in [-0.2, 0) is 12.1 Å². The van der Waals surface area contributed by atoms with Gasteiger partial charge < -0.3 is 5.32 Å². The molecule has 0 saturated heterocycles. The van der Waals surface area contributed by atoms with Crippen LogP contribution in [0, 0.1) is 6.92 Å². The van der Waals surface area contributed by atoms with E-state index in [-0.39, 0.29) is 0 Å². The van der Waals surface area contributed by atoms with Crippen molar-refractivity contribution in [1.82, 2.24) is 0 Å². The molecule has 0 aliphatic carbocycles. The van der Waals surface area contributed by atoms with Crippen molar-refractivity contribution in [2.75, 3.05) is 5.32 Å². The zero-order valence-corrected chi connectivity index (χ0v) is 24.7. The zero-order valence-electron chi connectivity index (χ0n) is 23.9. The van der Waals surface area contributed by atoms with Gasteiger partial charge in [-0.1, -0.05) is 61.1 Å². The molecule has 3 nitrogen and oxygen atoms in total. The number of allylic oxidation sites excluding steroid dienone is 1. The SMILES string of the molecule is C=C.C=C(C)c1ccc(N=C(C)Nc2ccc(S(=C)(=C)N)cc2)c(C)c1.CCc1ccccc1C(C)(C)F. The molecule has 0 amide bonds. The van der Waals surface area contributed by atoms with Gasteiger partial charge in [-0.25, -0.2) is 9.38 Å². The lowest BCUT2D eigenvalue weighted by Gasteiger charge is -2.18. The van der Waals surface area contributed by atoms with Gasteiger partial charge in [0.15, 0.2) is 0 Å². The summed E-state index contributed by atoms with van der Waals surface area (Å²) >= 11 is 0. The highest BCUT2D eigenvalue weighted by Crippen LogP contribution is 2.28. The van der Waals surface area contributed by atoms with Crippen LogP contribution in [0.25, 0.3) is 5.57 Å². The van der Waals surface area contributed by atoms with Crippen molar-refractivity contribution in [1.29, 1.82) is 0 Å². The maximum Gasteiger partial charge on any atom is 0.130 e. The maximum atomic E-state index is 13.6. The standard InChI is InChI=1S/C20H25N3S.C11H15F.C2H4/c1-14(2)17-7-12-20(15(3)13-17)23-16(4)22-18-8-10-19(11-9-18)24(5,6)21;1-4-9-7-5-6-8-10(9)11(2,3)12;1-2/h7-13H,1,5-6,21H2,2-4H3,(H,22,23);5-8H,4H2,1-3H3;1-2H2. The predicted octanol–water partition coefficient (Wildman–Crippen LogP) is 9.35. The molecule has 0 heterocycles. The van der Waals surface area contributed by atoms with Gasteiger partial charge in [0.25, 0.3) is 0 Å². The van der Waals surface area contributed by atoms with Crippen LogP contribution in [0.2, 0.25) is 0 Å². The van der Waals surface area contributed by atoms with Gasteiger partial charge in [0.1, 0.15) is 11.5 Å². The largest absolute Gasteiger partial charge is 0.344 e. The van der Waals surface area contributed by atoms with Crippen LogP contribution in [0.3, 0.4) is 0 Å². The van der Waals surface area contributed by atoms with Gasteiger partial charge in [0, 0.05) is 10.6 Å². The fourth-order valence-corrected chi connectivity index (χ4v) is 4.36. The maximum absolute atomic E-state index is 13.6. The fraction of sp³-hybridized carbons (Fsp3) is 0.242. The van der Waals surface area contributed by atoms with Crippen molar-refractivity contribution in [3.8, 4) is 0 Å². The highest BCUT2D eigenvalue weighted by atomic mass is 32.2. The number of nitrogens with zero attached hydrogens (tertiary/aromatic N) is 1. The summed E-state index contributed by atoms with van der Waals surface area (Å²) in [5.41, 5.74) is 5.92. The Balaban J connectivity index is 0.000000432. The Morgan fingerprint density at radius 2 is 1.58 bits per heavy atom. The van der Waals surface area contributed by atoms with Crippen LogP contribution in [-0.4, -0.2) is 17.6 Å². The average Bonchev–Trinajstić information content (AvgIpc) is 2.86. The molecule has 0 bridgehead atoms. The third kappa shape index (κ3) is 10.2. The van der Waals surface area contributed by atoms with Crippen molar-refractivity contribution in [2.24, 2.45) is 10.1 Å². The summed E-state index contributed by atoms with van der Waals surface area (Å²) in [6, 6.07) is 21.7. The molecule has 0 atom stereocenters. The number of hydrogen-bond donors (Lipinski definition) is 2. The smallest absolute Gasteiger partial charge is 0.130 e. The van der Waals surface area contributed by atoms with E-state index >= 15 is 0 Å². The number of halogens is 1. The van der Waals surface area contributed by atoms with Crippen LogP contribution in [0.15, 0.2) is 96.4 Å². The Bertz CT molecular complexity index is 1350. The van der Waals surface area contributed by atoms with Crippen molar-refractivity contribution < 1.29 is 4.39 Å². The lowest BCUT2D eigenvalue weighted by Crippen LogP contribution is -2.11. The van der Waals surface area contributed by atoms with Crippen molar-refractivity contribution in [3.63, 3.8) is 0 Å². The van der Waals surface area contributed by atoms with Crippen LogP contribution in [0.4, 0.5) is 15.8 Å². The molecule has 3 aromatic rings. The fourth-order valence-electron chi connectivity index (χ4n) is 3.68. The van der Waals surface area contributed by atoms with Crippen LogP contribution in [0.5, 0.6) is 0 Å². The number of aryl methyl sites for hydroxylation is 2. The minimum atomic E-state index is -1.68. The van der Waals surface area contributed by atoms with Crippen LogP contribution in [0.1, 0.15) is 56.9 Å². The first-order chi connectivity index (χ1) is 17.7. The second-order valence-electron chi connectivity index (χ2n) is 9.56. The normalized spacial score (nSPS) is 11.4. The van der Waals surface area contributed by atoms with Gasteiger partial charge in [0.2, 0.25) is 0 Å². The Kier molecular flexibility index (Phi) is 12.5. The van der Waals surface area contributed by atoms with Crippen molar-refractivity contribution >= 4 is 43.9 Å². The van der Waals surface area contributed by atoms with Gasteiger partial charge in [-0.2, -0.15) is 0 Å². The highest BCUT2D eigenvalue weighted by molar-refractivity contribution is 8.26. The molecule has 0 aliphatic heterocycles. The van der Waals surface area contributed by atoms with Crippen molar-refractivity contribution in [2.45, 2.75) is 58.5 Å². The summed E-state index contributed by atoms with van der Waals surface area (Å²) in [4.78, 5) is 5.62. The lowest BCUT2D eigenvalue weighted by atomic mass is 9.93. The van der Waals surface area contributed by atoms with E-state index in [0.717, 1.165) is 56.4 Å². The lowest BCUT2D eigenvalue weighted by molar-refractivity contribution is 0.220. The van der Waals surface area contributed by atoms with E-state index in [1.165, 1.54) is 0 Å². The van der Waals surface area contributed by atoms with Gasteiger partial charge in [-0.3, -0.25) is 5.14 Å². The molecule has 0 aliphatic rings. The minimum absolute atomic E-state index is 0.813. The number of nitrogens with two attached hydrogens (primary N) is 1. The number of anilines is 1. The number of aliphatic imine (C=N–C) groups is 1. The monoisotopic (exact) mass is 533 g/mol. The molecule has 0 fully saturated rings. The molecular formula is C33H44FN3S. The van der Waals surface area contributed by atoms with Crippen LogP contribution >= 0.6 is 9.39 Å². The van der Waals surface area contributed by atoms with Gasteiger partial charge in [-0.05, 0) is 99.7 Å². The summed E-state index contributed by atoms with van der Waals surface area (Å²) in [5, 5.41) is 9.26. The minimum Gasteiger partial charge on any atom is -0.344 e. The molecule has 38 heavy (non-hydrogen) atoms. The summed E-state index contributed by atoms with van der Waals surface area (Å²) in [5.74, 6) is 8.66. The number of alkyl halides is 1. The van der Waals surface area contributed by atoms with E-state index in [0.29, 0.717) is 0 Å². The molecular weight excluding hydrogens is 489 g/mol. The molecule has 5 heteroatoms. The average molecular weight is 534 g/mol. The Morgan fingerprint density at radius 3 is 2.03 bits per heavy atom. The molecule has 204 valence electrons. The van der Waals surface area contributed by atoms with Gasteiger partial charge >= 0.3 is 0 Å². The molecule has 0 spiro atoms. The van der Waals surface area contributed by atoms with E-state index < -0.39 is 15.1 Å². The topological polar surface area (TPSA) is 50.4 Å². The number of nitrogens with one attached hydrogen (secondary N) is 1. The second kappa shape index (κ2) is 14.5. The van der Waals surface area contributed by atoms with E-state index in [9.17, 15) is 4.39 Å². The summed E-state index contributed by atoms with van der Waals surface area (Å²) in [6.07, 6.45) is 0.892. The first-order valence-electron chi connectivity index (χ1n) is 12.5. The van der Waals surface area contributed by atoms with Gasteiger partial charge in [0.05, 0.1) is 5.69 Å². The second-order valence-corrected chi connectivity index (χ2v) is 11.9. The van der Waals surface area contributed by atoms with E-state index in [4.69, 9.17) is 5.14 Å². The number of rotatable bonds is 6. The summed E-state index contributed by atoms with van der Waals surface area (Å²) in [6.45, 7) is 21.2. The third-order valence-electron chi connectivity index (χ3n) is 5.67. The zero-order chi connectivity index (χ0) is 29.1. The third-order valence-corrected chi connectivity index (χ3v) is 6.88. The van der Waals surface area contributed by atoms with Crippen molar-refractivity contribution in [3.05, 3.63) is 109 Å². The summed E-state index contributed by atoms with van der Waals surface area (Å²) in [7, 11) is -1.68. The van der Waals surface area contributed by atoms with E-state index in [1.807, 2.05) is 81.4 Å². The van der Waals surface area contributed by atoms with Gasteiger partial charge in [-0.15, -0.1) is 22.6 Å². The quantitative estimate of drug-likeness (QED) is 0.143. The Morgan fingerprint density at radius 1 is 1.00 bits per heavy atom. The molecule has 0 radical (unpaired) electrons. The molecule has 0 saturated carbocycles. The summed E-state index contributed by atoms with van der Waals surface area (Å²) < 4.78 is 13.6. The highest BCUT2D eigenvalue weighted by Gasteiger charge is 2.20. The Labute approximate surface area is 230 Å². The molecule has 0 aromatic heterocycles. The van der Waals surface area contributed by atoms with Crippen LogP contribution < -0.4 is 10.5 Å².